The predicted octanol–water partition coefficient (Wildman–Crippen LogP) is 1.65. The summed E-state index contributed by atoms with van der Waals surface area (Å²) in [4.78, 5) is 9.93. The molecule has 0 amide bonds. The maximum atomic E-state index is 9.93. The van der Waals surface area contributed by atoms with Crippen LogP contribution in [0.1, 0.15) is 11.1 Å². The summed E-state index contributed by atoms with van der Waals surface area (Å²) >= 11 is 0. The lowest BCUT2D eigenvalue weighted by Gasteiger charge is -1.93. The lowest BCUT2D eigenvalue weighted by molar-refractivity contribution is 0.555. The zero-order chi connectivity index (χ0) is 7.40. The van der Waals surface area contributed by atoms with Crippen LogP contribution in [0.5, 0.6) is 0 Å². The van der Waals surface area contributed by atoms with Crippen LogP contribution in [0.2, 0.25) is 0 Å². The van der Waals surface area contributed by atoms with Crippen molar-refractivity contribution in [2.75, 3.05) is 0 Å². The highest BCUT2D eigenvalue weighted by Gasteiger charge is 1.89. The number of benzene rings is 1. The van der Waals surface area contributed by atoms with Gasteiger partial charge in [-0.05, 0) is 12.5 Å². The van der Waals surface area contributed by atoms with E-state index < -0.39 is 0 Å². The summed E-state index contributed by atoms with van der Waals surface area (Å²) in [6.07, 6.45) is 2.26. The number of carbonyl (C=O) groups excluding carboxylic acids is 1. The van der Waals surface area contributed by atoms with Gasteiger partial charge >= 0.3 is 0 Å². The molecule has 0 unspecified atom stereocenters. The molecular formula is C9H9O. The number of rotatable bonds is 2. The van der Waals surface area contributed by atoms with Crippen LogP contribution in [0.15, 0.2) is 24.3 Å². The minimum Gasteiger partial charge on any atom is -0.291 e. The van der Waals surface area contributed by atoms with Gasteiger partial charge in [0.15, 0.2) is 0 Å². The molecule has 1 aromatic rings. The van der Waals surface area contributed by atoms with Gasteiger partial charge < -0.3 is 0 Å². The van der Waals surface area contributed by atoms with Crippen molar-refractivity contribution in [1.82, 2.24) is 0 Å². The highest BCUT2D eigenvalue weighted by molar-refractivity contribution is 5.55. The predicted molar refractivity (Wildman–Crippen MR) is 40.6 cm³/mol. The maximum Gasteiger partial charge on any atom is 0.203 e. The Kier molecular flexibility index (Phi) is 2.21. The first kappa shape index (κ1) is 7.00. The zero-order valence-corrected chi connectivity index (χ0v) is 5.92. The van der Waals surface area contributed by atoms with Crippen LogP contribution in [0.25, 0.3) is 0 Å². The number of hydrogen-bond acceptors (Lipinski definition) is 1. The fourth-order valence-electron chi connectivity index (χ4n) is 0.789. The van der Waals surface area contributed by atoms with Gasteiger partial charge in [0.1, 0.15) is 0 Å². The van der Waals surface area contributed by atoms with E-state index in [1.807, 2.05) is 37.5 Å². The van der Waals surface area contributed by atoms with E-state index in [0.717, 1.165) is 5.56 Å². The third-order valence-corrected chi connectivity index (χ3v) is 1.40. The lowest BCUT2D eigenvalue weighted by atomic mass is 10.1. The fraction of sp³-hybridized carbons (Fsp3) is 0.222. The third-order valence-electron chi connectivity index (χ3n) is 1.40. The molecule has 0 aromatic heterocycles. The molecule has 0 aliphatic rings. The van der Waals surface area contributed by atoms with Crippen molar-refractivity contribution in [2.24, 2.45) is 0 Å². The maximum absolute atomic E-state index is 9.93. The van der Waals surface area contributed by atoms with E-state index in [4.69, 9.17) is 0 Å². The average Bonchev–Trinajstić information content (AvgIpc) is 1.95. The van der Waals surface area contributed by atoms with E-state index in [9.17, 15) is 4.79 Å². The molecule has 0 fully saturated rings. The van der Waals surface area contributed by atoms with Gasteiger partial charge in [0, 0.05) is 6.42 Å². The van der Waals surface area contributed by atoms with E-state index in [-0.39, 0.29) is 0 Å². The van der Waals surface area contributed by atoms with Crippen LogP contribution in [0.3, 0.4) is 0 Å². The molecule has 0 atom stereocenters. The van der Waals surface area contributed by atoms with Crippen molar-refractivity contribution < 1.29 is 4.79 Å². The smallest absolute Gasteiger partial charge is 0.203 e. The van der Waals surface area contributed by atoms with Gasteiger partial charge in [-0.1, -0.05) is 29.8 Å². The standard InChI is InChI=1S/C9H9O/c1-8-2-4-9(5-3-8)6-7-10/h2-5H,6H2,1H3. The van der Waals surface area contributed by atoms with E-state index in [1.54, 1.807) is 0 Å². The molecule has 0 spiro atoms. The van der Waals surface area contributed by atoms with Gasteiger partial charge in [0.05, 0.1) is 0 Å². The monoisotopic (exact) mass is 133 g/mol. The van der Waals surface area contributed by atoms with Crippen LogP contribution >= 0.6 is 0 Å². The summed E-state index contributed by atoms with van der Waals surface area (Å²) in [5.41, 5.74) is 2.25. The second kappa shape index (κ2) is 3.16. The first-order chi connectivity index (χ1) is 4.83. The van der Waals surface area contributed by atoms with Crippen molar-refractivity contribution >= 4 is 6.29 Å². The molecule has 0 N–H and O–H groups in total. The van der Waals surface area contributed by atoms with Crippen LogP contribution in [-0.4, -0.2) is 6.29 Å². The zero-order valence-electron chi connectivity index (χ0n) is 5.92. The number of aryl methyl sites for hydroxylation is 1. The highest BCUT2D eigenvalue weighted by atomic mass is 16.1. The Hall–Kier alpha value is -1.11. The second-order valence-electron chi connectivity index (χ2n) is 2.31. The summed E-state index contributed by atoms with van der Waals surface area (Å²) < 4.78 is 0. The molecule has 0 aliphatic heterocycles. The van der Waals surface area contributed by atoms with Gasteiger partial charge in [0.25, 0.3) is 0 Å². The summed E-state index contributed by atoms with van der Waals surface area (Å²) in [5, 5.41) is 0. The molecule has 1 rings (SSSR count). The molecule has 0 bridgehead atoms. The van der Waals surface area contributed by atoms with Gasteiger partial charge in [-0.25, -0.2) is 0 Å². The summed E-state index contributed by atoms with van der Waals surface area (Å²) in [5.74, 6) is 0. The van der Waals surface area contributed by atoms with E-state index in [0.29, 0.717) is 6.42 Å². The summed E-state index contributed by atoms with van der Waals surface area (Å²) in [6.45, 7) is 2.02. The molecular weight excluding hydrogens is 124 g/mol. The number of hydrogen-bond donors (Lipinski definition) is 0. The minimum atomic E-state index is 0.403. The van der Waals surface area contributed by atoms with Crippen LogP contribution in [0, 0.1) is 6.92 Å². The van der Waals surface area contributed by atoms with Crippen molar-refractivity contribution in [2.45, 2.75) is 13.3 Å². The molecule has 1 radical (unpaired) electrons. The molecule has 0 saturated heterocycles. The SMILES string of the molecule is Cc1ccc(C[C]=O)cc1. The Morgan fingerprint density at radius 1 is 1.30 bits per heavy atom. The van der Waals surface area contributed by atoms with Crippen LogP contribution < -0.4 is 0 Å². The van der Waals surface area contributed by atoms with E-state index >= 15 is 0 Å². The first-order valence-electron chi connectivity index (χ1n) is 3.23. The normalized spacial score (nSPS) is 9.30. The Balaban J connectivity index is 2.78. The van der Waals surface area contributed by atoms with E-state index in [2.05, 4.69) is 0 Å². The fourth-order valence-corrected chi connectivity index (χ4v) is 0.789. The largest absolute Gasteiger partial charge is 0.291 e. The van der Waals surface area contributed by atoms with Crippen LogP contribution in [-0.2, 0) is 11.2 Å². The summed E-state index contributed by atoms with van der Waals surface area (Å²) in [6, 6.07) is 7.87. The van der Waals surface area contributed by atoms with E-state index in [1.165, 1.54) is 5.56 Å². The molecule has 1 aromatic carbocycles. The van der Waals surface area contributed by atoms with Gasteiger partial charge in [-0.15, -0.1) is 0 Å². The van der Waals surface area contributed by atoms with Crippen LogP contribution in [0.4, 0.5) is 0 Å². The topological polar surface area (TPSA) is 17.1 Å². The molecule has 1 nitrogen and oxygen atoms in total. The Morgan fingerprint density at radius 3 is 2.40 bits per heavy atom. The van der Waals surface area contributed by atoms with Crippen molar-refractivity contribution in [1.29, 1.82) is 0 Å². The van der Waals surface area contributed by atoms with Crippen molar-refractivity contribution in [3.63, 3.8) is 0 Å². The van der Waals surface area contributed by atoms with Crippen molar-refractivity contribution in [3.05, 3.63) is 35.4 Å². The molecule has 0 saturated carbocycles. The first-order valence-corrected chi connectivity index (χ1v) is 3.23. The highest BCUT2D eigenvalue weighted by Crippen LogP contribution is 2.01. The Bertz CT molecular complexity index is 211. The van der Waals surface area contributed by atoms with Crippen molar-refractivity contribution in [3.8, 4) is 0 Å². The van der Waals surface area contributed by atoms with Gasteiger partial charge in [0.2, 0.25) is 6.29 Å². The molecule has 0 heterocycles. The Labute approximate surface area is 60.7 Å². The molecule has 1 heteroatoms. The Morgan fingerprint density at radius 2 is 1.90 bits per heavy atom. The van der Waals surface area contributed by atoms with Gasteiger partial charge in [-0.3, -0.25) is 4.79 Å². The quantitative estimate of drug-likeness (QED) is 0.599. The minimum absolute atomic E-state index is 0.403. The lowest BCUT2D eigenvalue weighted by Crippen LogP contribution is -1.84. The molecule has 0 aliphatic carbocycles. The van der Waals surface area contributed by atoms with Gasteiger partial charge in [-0.2, -0.15) is 0 Å². The average molecular weight is 133 g/mol. The summed E-state index contributed by atoms with van der Waals surface area (Å²) in [7, 11) is 0. The third kappa shape index (κ3) is 1.69. The second-order valence-corrected chi connectivity index (χ2v) is 2.31. The molecule has 51 valence electrons. The molecule has 10 heavy (non-hydrogen) atoms.